The largest absolute Gasteiger partial charge is 0.394 e. The Bertz CT molecular complexity index is 608. The molecule has 2 heterocycles. The normalized spacial score (nSPS) is 28.5. The standard InChI is InChI=1S/C11H16N2O5S/c1-6-4-13(11(16)12-10(6)15)9-3-8(19(2)17)7(5-14)18-9/h4,7-9,14H,3,5H2,1-2H3,(H,12,15,16)/t7-,8+,9-,19?/m1/s1. The van der Waals surface area contributed by atoms with Gasteiger partial charge in [0.2, 0.25) is 0 Å². The third-order valence-corrected chi connectivity index (χ3v) is 4.59. The Kier molecular flexibility index (Phi) is 4.02. The van der Waals surface area contributed by atoms with Crippen LogP contribution in [0.4, 0.5) is 0 Å². The van der Waals surface area contributed by atoms with Crippen molar-refractivity contribution in [3.63, 3.8) is 0 Å². The van der Waals surface area contributed by atoms with Crippen molar-refractivity contribution >= 4 is 10.8 Å². The summed E-state index contributed by atoms with van der Waals surface area (Å²) in [5, 5.41) is 8.89. The van der Waals surface area contributed by atoms with Crippen molar-refractivity contribution in [2.45, 2.75) is 30.9 Å². The second-order valence-electron chi connectivity index (χ2n) is 4.56. The molecule has 1 aromatic heterocycles. The van der Waals surface area contributed by atoms with E-state index < -0.39 is 34.4 Å². The molecule has 2 rings (SSSR count). The molecule has 1 aromatic rings. The van der Waals surface area contributed by atoms with Crippen LogP contribution < -0.4 is 11.2 Å². The van der Waals surface area contributed by atoms with Crippen molar-refractivity contribution in [2.75, 3.05) is 12.9 Å². The number of aliphatic hydroxyl groups is 1. The molecule has 106 valence electrons. The lowest BCUT2D eigenvalue weighted by molar-refractivity contribution is -0.0240. The van der Waals surface area contributed by atoms with Crippen molar-refractivity contribution in [1.82, 2.24) is 9.55 Å². The number of hydrogen-bond donors (Lipinski definition) is 2. The summed E-state index contributed by atoms with van der Waals surface area (Å²) in [5.74, 6) is 0. The number of rotatable bonds is 3. The first-order valence-electron chi connectivity index (χ1n) is 5.84. The van der Waals surface area contributed by atoms with E-state index in [1.807, 2.05) is 0 Å². The molecule has 1 saturated heterocycles. The summed E-state index contributed by atoms with van der Waals surface area (Å²) >= 11 is 0. The van der Waals surface area contributed by atoms with Gasteiger partial charge in [-0.25, -0.2) is 4.79 Å². The maximum Gasteiger partial charge on any atom is 0.330 e. The molecule has 2 N–H and O–H groups in total. The summed E-state index contributed by atoms with van der Waals surface area (Å²) in [5.41, 5.74) is -0.613. The van der Waals surface area contributed by atoms with E-state index >= 15 is 0 Å². The first-order valence-corrected chi connectivity index (χ1v) is 7.46. The number of ether oxygens (including phenoxy) is 1. The summed E-state index contributed by atoms with van der Waals surface area (Å²) in [4.78, 5) is 25.2. The molecular formula is C11H16N2O5S. The first-order chi connectivity index (χ1) is 8.93. The van der Waals surface area contributed by atoms with E-state index in [-0.39, 0.29) is 11.9 Å². The molecular weight excluding hydrogens is 272 g/mol. The van der Waals surface area contributed by atoms with Crippen molar-refractivity contribution < 1.29 is 14.1 Å². The van der Waals surface area contributed by atoms with Gasteiger partial charge in [0.15, 0.2) is 0 Å². The highest BCUT2D eigenvalue weighted by molar-refractivity contribution is 7.85. The second-order valence-corrected chi connectivity index (χ2v) is 6.17. The Hall–Kier alpha value is -1.25. The molecule has 19 heavy (non-hydrogen) atoms. The van der Waals surface area contributed by atoms with Crippen molar-refractivity contribution in [3.8, 4) is 0 Å². The number of aryl methyl sites for hydroxylation is 1. The molecule has 1 unspecified atom stereocenters. The molecule has 1 aliphatic rings. The first kappa shape index (κ1) is 14.2. The Morgan fingerprint density at radius 2 is 2.26 bits per heavy atom. The molecule has 0 bridgehead atoms. The van der Waals surface area contributed by atoms with E-state index in [1.54, 1.807) is 13.2 Å². The van der Waals surface area contributed by atoms with Gasteiger partial charge in [-0.05, 0) is 6.92 Å². The minimum atomic E-state index is -1.15. The average Bonchev–Trinajstić information content (AvgIpc) is 2.77. The van der Waals surface area contributed by atoms with Crippen molar-refractivity contribution in [3.05, 3.63) is 32.6 Å². The van der Waals surface area contributed by atoms with Gasteiger partial charge < -0.3 is 9.84 Å². The fourth-order valence-electron chi connectivity index (χ4n) is 2.18. The number of aromatic amines is 1. The molecule has 0 aliphatic carbocycles. The van der Waals surface area contributed by atoms with E-state index in [4.69, 9.17) is 4.74 Å². The fraction of sp³-hybridized carbons (Fsp3) is 0.636. The predicted molar refractivity (Wildman–Crippen MR) is 69.5 cm³/mol. The number of aliphatic hydroxyl groups excluding tert-OH is 1. The van der Waals surface area contributed by atoms with Crippen LogP contribution in [-0.4, -0.2) is 43.1 Å². The van der Waals surface area contributed by atoms with Gasteiger partial charge in [-0.3, -0.25) is 18.6 Å². The molecule has 7 nitrogen and oxygen atoms in total. The van der Waals surface area contributed by atoms with Crippen molar-refractivity contribution in [2.24, 2.45) is 0 Å². The summed E-state index contributed by atoms with van der Waals surface area (Å²) in [6.45, 7) is 1.33. The third kappa shape index (κ3) is 2.70. The highest BCUT2D eigenvalue weighted by Crippen LogP contribution is 2.30. The van der Waals surface area contributed by atoms with Crippen LogP contribution >= 0.6 is 0 Å². The summed E-state index contributed by atoms with van der Waals surface area (Å²) in [7, 11) is -1.15. The van der Waals surface area contributed by atoms with Gasteiger partial charge in [0.05, 0.1) is 18.0 Å². The van der Waals surface area contributed by atoms with Crippen LogP contribution in [-0.2, 0) is 15.5 Å². The lowest BCUT2D eigenvalue weighted by Gasteiger charge is -2.14. The maximum atomic E-state index is 11.7. The zero-order chi connectivity index (χ0) is 14.2. The van der Waals surface area contributed by atoms with Gasteiger partial charge in [0, 0.05) is 35.2 Å². The Balaban J connectivity index is 2.35. The van der Waals surface area contributed by atoms with E-state index in [2.05, 4.69) is 4.98 Å². The molecule has 4 atom stereocenters. The highest BCUT2D eigenvalue weighted by atomic mass is 32.2. The average molecular weight is 288 g/mol. The van der Waals surface area contributed by atoms with E-state index in [1.165, 1.54) is 10.8 Å². The zero-order valence-corrected chi connectivity index (χ0v) is 11.5. The minimum absolute atomic E-state index is 0.252. The fourth-order valence-corrected chi connectivity index (χ4v) is 3.20. The van der Waals surface area contributed by atoms with E-state index in [0.717, 1.165) is 0 Å². The summed E-state index contributed by atoms with van der Waals surface area (Å²) < 4.78 is 18.4. The number of H-pyrrole nitrogens is 1. The molecule has 0 aromatic carbocycles. The SMILES string of the molecule is Cc1cn([C@H]2C[C@H](S(C)=O)[C@@H](CO)O2)c(=O)[nH]c1=O. The molecule has 0 spiro atoms. The van der Waals surface area contributed by atoms with E-state index in [9.17, 15) is 18.9 Å². The lowest BCUT2D eigenvalue weighted by Crippen LogP contribution is -2.33. The third-order valence-electron chi connectivity index (χ3n) is 3.24. The monoisotopic (exact) mass is 288 g/mol. The number of nitrogens with zero attached hydrogens (tertiary/aromatic N) is 1. The molecule has 0 radical (unpaired) electrons. The molecule has 0 amide bonds. The maximum absolute atomic E-state index is 11.7. The summed E-state index contributed by atoms with van der Waals surface area (Å²) in [6.07, 6.45) is 2.14. The van der Waals surface area contributed by atoms with Crippen molar-refractivity contribution in [1.29, 1.82) is 0 Å². The lowest BCUT2D eigenvalue weighted by atomic mass is 10.2. The van der Waals surface area contributed by atoms with Gasteiger partial charge in [-0.2, -0.15) is 0 Å². The van der Waals surface area contributed by atoms with E-state index in [0.29, 0.717) is 12.0 Å². The smallest absolute Gasteiger partial charge is 0.330 e. The van der Waals surface area contributed by atoms with Gasteiger partial charge >= 0.3 is 5.69 Å². The quantitative estimate of drug-likeness (QED) is 0.733. The number of aromatic nitrogens is 2. The van der Waals surface area contributed by atoms with Gasteiger partial charge in [-0.15, -0.1) is 0 Å². The van der Waals surface area contributed by atoms with Crippen LogP contribution in [0.5, 0.6) is 0 Å². The van der Waals surface area contributed by atoms with Crippen LogP contribution in [0.1, 0.15) is 18.2 Å². The number of hydrogen-bond acceptors (Lipinski definition) is 5. The predicted octanol–water partition coefficient (Wildman–Crippen LogP) is -1.13. The second kappa shape index (κ2) is 5.40. The topological polar surface area (TPSA) is 101 Å². The van der Waals surface area contributed by atoms with Gasteiger partial charge in [0.1, 0.15) is 6.23 Å². The van der Waals surface area contributed by atoms with Crippen LogP contribution in [0.3, 0.4) is 0 Å². The van der Waals surface area contributed by atoms with Gasteiger partial charge in [0.25, 0.3) is 5.56 Å². The Labute approximate surface area is 111 Å². The zero-order valence-electron chi connectivity index (χ0n) is 10.7. The van der Waals surface area contributed by atoms with Crippen LogP contribution in [0.15, 0.2) is 15.8 Å². The number of nitrogens with one attached hydrogen (secondary N) is 1. The van der Waals surface area contributed by atoms with Crippen LogP contribution in [0, 0.1) is 6.92 Å². The Morgan fingerprint density at radius 1 is 1.58 bits per heavy atom. The van der Waals surface area contributed by atoms with Crippen LogP contribution in [0.2, 0.25) is 0 Å². The highest BCUT2D eigenvalue weighted by Gasteiger charge is 2.38. The molecule has 1 aliphatic heterocycles. The minimum Gasteiger partial charge on any atom is -0.394 e. The van der Waals surface area contributed by atoms with Gasteiger partial charge in [-0.1, -0.05) is 0 Å². The molecule has 1 fully saturated rings. The summed E-state index contributed by atoms with van der Waals surface area (Å²) in [6, 6.07) is 0. The Morgan fingerprint density at radius 3 is 2.79 bits per heavy atom. The van der Waals surface area contributed by atoms with Crippen LogP contribution in [0.25, 0.3) is 0 Å². The molecule has 8 heteroatoms. The molecule has 0 saturated carbocycles.